The molecule has 0 saturated carbocycles. The minimum absolute atomic E-state index is 0.0303. The van der Waals surface area contributed by atoms with Crippen LogP contribution in [0.4, 0.5) is 0 Å². The van der Waals surface area contributed by atoms with Gasteiger partial charge < -0.3 is 14.9 Å². The summed E-state index contributed by atoms with van der Waals surface area (Å²) < 4.78 is 4.85. The Hall–Kier alpha value is -2.37. The highest BCUT2D eigenvalue weighted by atomic mass is 16.5. The predicted octanol–water partition coefficient (Wildman–Crippen LogP) is 2.93. The maximum Gasteiger partial charge on any atom is 0.310 e. The molecule has 132 valence electrons. The standard InChI is InChI=1S/C18H24O6/c1-3-13(19)7-5-6-8-15(21)18-12(10-17(23)24-4-2)9-14(20)11-16(18)22/h9,11,20,22H,3-8,10H2,1-2H3. The third-order valence-corrected chi connectivity index (χ3v) is 3.61. The molecule has 2 N–H and O–H groups in total. The van der Waals surface area contributed by atoms with Gasteiger partial charge in [0.1, 0.15) is 17.3 Å². The van der Waals surface area contributed by atoms with Crippen molar-refractivity contribution in [3.8, 4) is 11.5 Å². The van der Waals surface area contributed by atoms with Gasteiger partial charge in [0.25, 0.3) is 0 Å². The van der Waals surface area contributed by atoms with E-state index in [0.29, 0.717) is 25.7 Å². The van der Waals surface area contributed by atoms with E-state index in [2.05, 4.69) is 0 Å². The van der Waals surface area contributed by atoms with E-state index in [1.807, 2.05) is 0 Å². The number of hydrogen-bond acceptors (Lipinski definition) is 6. The van der Waals surface area contributed by atoms with Crippen molar-refractivity contribution in [1.82, 2.24) is 0 Å². The number of ether oxygens (including phenoxy) is 1. The van der Waals surface area contributed by atoms with Crippen LogP contribution in [0.2, 0.25) is 0 Å². The van der Waals surface area contributed by atoms with E-state index in [9.17, 15) is 24.6 Å². The van der Waals surface area contributed by atoms with Crippen molar-refractivity contribution in [3.63, 3.8) is 0 Å². The Kier molecular flexibility index (Phi) is 7.95. The smallest absolute Gasteiger partial charge is 0.310 e. The van der Waals surface area contributed by atoms with Gasteiger partial charge in [-0.25, -0.2) is 0 Å². The molecule has 0 bridgehead atoms. The SMILES string of the molecule is CCOC(=O)Cc1cc(O)cc(O)c1C(=O)CCCCC(=O)CC. The molecule has 1 aromatic rings. The number of carbonyl (C=O) groups is 3. The van der Waals surface area contributed by atoms with E-state index in [4.69, 9.17) is 4.74 Å². The summed E-state index contributed by atoms with van der Waals surface area (Å²) >= 11 is 0. The average Bonchev–Trinajstić information content (AvgIpc) is 2.50. The quantitative estimate of drug-likeness (QED) is 0.387. The number of unbranched alkanes of at least 4 members (excludes halogenated alkanes) is 1. The first-order chi connectivity index (χ1) is 11.4. The number of aromatic hydroxyl groups is 2. The molecule has 6 nitrogen and oxygen atoms in total. The summed E-state index contributed by atoms with van der Waals surface area (Å²) in [6, 6.07) is 2.35. The van der Waals surface area contributed by atoms with Crippen LogP contribution in [-0.2, 0) is 20.7 Å². The van der Waals surface area contributed by atoms with Gasteiger partial charge >= 0.3 is 5.97 Å². The Morgan fingerprint density at radius 3 is 2.33 bits per heavy atom. The molecule has 6 heteroatoms. The number of rotatable bonds is 10. The second kappa shape index (κ2) is 9.70. The zero-order valence-electron chi connectivity index (χ0n) is 14.1. The summed E-state index contributed by atoms with van der Waals surface area (Å²) in [5.74, 6) is -1.29. The lowest BCUT2D eigenvalue weighted by atomic mass is 9.96. The van der Waals surface area contributed by atoms with E-state index in [1.54, 1.807) is 13.8 Å². The van der Waals surface area contributed by atoms with Gasteiger partial charge in [-0.2, -0.15) is 0 Å². The summed E-state index contributed by atoms with van der Waals surface area (Å²) in [6.07, 6.45) is 1.99. The summed E-state index contributed by atoms with van der Waals surface area (Å²) in [7, 11) is 0. The van der Waals surface area contributed by atoms with Gasteiger partial charge in [-0.3, -0.25) is 14.4 Å². The van der Waals surface area contributed by atoms with Crippen molar-refractivity contribution in [2.75, 3.05) is 6.61 Å². The zero-order valence-corrected chi connectivity index (χ0v) is 14.1. The highest BCUT2D eigenvalue weighted by molar-refractivity contribution is 6.01. The zero-order chi connectivity index (χ0) is 18.1. The molecule has 0 spiro atoms. The van der Waals surface area contributed by atoms with Gasteiger partial charge in [-0.15, -0.1) is 0 Å². The number of esters is 1. The molecule has 1 rings (SSSR count). The maximum atomic E-state index is 12.4. The largest absolute Gasteiger partial charge is 0.508 e. The van der Waals surface area contributed by atoms with E-state index < -0.39 is 5.97 Å². The Balaban J connectivity index is 2.82. The minimum Gasteiger partial charge on any atom is -0.508 e. The number of Topliss-reactive ketones (excluding diaryl/α,β-unsaturated/α-hetero) is 2. The molecule has 0 radical (unpaired) electrons. The lowest BCUT2D eigenvalue weighted by Crippen LogP contribution is -2.12. The number of phenolic OH excluding ortho intramolecular Hbond substituents is 2. The van der Waals surface area contributed by atoms with E-state index in [-0.39, 0.29) is 53.6 Å². The lowest BCUT2D eigenvalue weighted by molar-refractivity contribution is -0.142. The van der Waals surface area contributed by atoms with Crippen molar-refractivity contribution in [3.05, 3.63) is 23.3 Å². The van der Waals surface area contributed by atoms with Crippen molar-refractivity contribution in [2.24, 2.45) is 0 Å². The molecule has 24 heavy (non-hydrogen) atoms. The molecular formula is C18H24O6. The summed E-state index contributed by atoms with van der Waals surface area (Å²) in [4.78, 5) is 35.3. The second-order valence-electron chi connectivity index (χ2n) is 5.50. The van der Waals surface area contributed by atoms with Crippen molar-refractivity contribution < 1.29 is 29.3 Å². The van der Waals surface area contributed by atoms with Gasteiger partial charge in [0.05, 0.1) is 18.6 Å². The van der Waals surface area contributed by atoms with Crippen LogP contribution in [0, 0.1) is 0 Å². The molecule has 0 atom stereocenters. The van der Waals surface area contributed by atoms with Gasteiger partial charge in [-0.1, -0.05) is 6.92 Å². The van der Waals surface area contributed by atoms with Crippen LogP contribution in [0.25, 0.3) is 0 Å². The molecule has 0 aliphatic heterocycles. The maximum absolute atomic E-state index is 12.4. The third kappa shape index (κ3) is 6.02. The van der Waals surface area contributed by atoms with Crippen molar-refractivity contribution >= 4 is 17.5 Å². The molecule has 1 aromatic carbocycles. The summed E-state index contributed by atoms with van der Waals surface area (Å²) in [5.41, 5.74) is 0.267. The predicted molar refractivity (Wildman–Crippen MR) is 88.2 cm³/mol. The van der Waals surface area contributed by atoms with Crippen molar-refractivity contribution in [2.45, 2.75) is 52.4 Å². The fraction of sp³-hybridized carbons (Fsp3) is 0.500. The molecule has 0 aromatic heterocycles. The number of hydrogen-bond donors (Lipinski definition) is 2. The highest BCUT2D eigenvalue weighted by Gasteiger charge is 2.20. The Morgan fingerprint density at radius 2 is 1.71 bits per heavy atom. The van der Waals surface area contributed by atoms with Crippen LogP contribution in [0.15, 0.2) is 12.1 Å². The molecule has 0 aliphatic carbocycles. The minimum atomic E-state index is -0.537. The van der Waals surface area contributed by atoms with Gasteiger partial charge in [-0.05, 0) is 31.4 Å². The third-order valence-electron chi connectivity index (χ3n) is 3.61. The van der Waals surface area contributed by atoms with Crippen molar-refractivity contribution in [1.29, 1.82) is 0 Å². The van der Waals surface area contributed by atoms with Crippen LogP contribution in [0.1, 0.15) is 61.9 Å². The molecule has 0 unspecified atom stereocenters. The van der Waals surface area contributed by atoms with Crippen LogP contribution < -0.4 is 0 Å². The molecule has 0 fully saturated rings. The highest BCUT2D eigenvalue weighted by Crippen LogP contribution is 2.29. The Morgan fingerprint density at radius 1 is 1.04 bits per heavy atom. The topological polar surface area (TPSA) is 101 Å². The van der Waals surface area contributed by atoms with Crippen LogP contribution in [0.5, 0.6) is 11.5 Å². The van der Waals surface area contributed by atoms with E-state index in [0.717, 1.165) is 6.07 Å². The molecule has 0 saturated heterocycles. The first kappa shape index (κ1) is 19.7. The van der Waals surface area contributed by atoms with Crippen LogP contribution >= 0.6 is 0 Å². The molecule has 0 amide bonds. The van der Waals surface area contributed by atoms with E-state index >= 15 is 0 Å². The second-order valence-corrected chi connectivity index (χ2v) is 5.50. The number of phenols is 2. The fourth-order valence-electron chi connectivity index (χ4n) is 2.41. The lowest BCUT2D eigenvalue weighted by Gasteiger charge is -2.11. The summed E-state index contributed by atoms with van der Waals surface area (Å²) in [5, 5.41) is 19.6. The average molecular weight is 336 g/mol. The number of carbonyl (C=O) groups excluding carboxylic acids is 3. The first-order valence-electron chi connectivity index (χ1n) is 8.14. The number of ketones is 2. The number of benzene rings is 1. The van der Waals surface area contributed by atoms with Crippen LogP contribution in [-0.4, -0.2) is 34.4 Å². The molecule has 0 aliphatic rings. The Bertz CT molecular complexity index is 606. The van der Waals surface area contributed by atoms with E-state index in [1.165, 1.54) is 6.07 Å². The normalized spacial score (nSPS) is 10.4. The van der Waals surface area contributed by atoms with Crippen LogP contribution in [0.3, 0.4) is 0 Å². The van der Waals surface area contributed by atoms with Gasteiger partial charge in [0.2, 0.25) is 0 Å². The molecular weight excluding hydrogens is 312 g/mol. The van der Waals surface area contributed by atoms with Gasteiger partial charge in [0, 0.05) is 25.3 Å². The monoisotopic (exact) mass is 336 g/mol. The Labute approximate surface area is 141 Å². The summed E-state index contributed by atoms with van der Waals surface area (Å²) in [6.45, 7) is 3.67. The fourth-order valence-corrected chi connectivity index (χ4v) is 2.41. The van der Waals surface area contributed by atoms with Gasteiger partial charge in [0.15, 0.2) is 5.78 Å². The first-order valence-corrected chi connectivity index (χ1v) is 8.14. The molecule has 0 heterocycles.